The quantitative estimate of drug-likeness (QED) is 0.770. The first-order valence-electron chi connectivity index (χ1n) is 4.94. The molecule has 1 heterocycles. The summed E-state index contributed by atoms with van der Waals surface area (Å²) in [5.41, 5.74) is 0.280. The lowest BCUT2D eigenvalue weighted by atomic mass is 10.2. The van der Waals surface area contributed by atoms with E-state index < -0.39 is 5.92 Å². The number of nitrogens with one attached hydrogen (secondary N) is 1. The molecule has 5 heteroatoms. The third kappa shape index (κ3) is 3.27. The fourth-order valence-corrected chi connectivity index (χ4v) is 1.38. The molecule has 0 aliphatic heterocycles. The van der Waals surface area contributed by atoms with E-state index in [1.165, 1.54) is 6.92 Å². The molecule has 0 aliphatic rings. The maximum absolute atomic E-state index is 13.0. The van der Waals surface area contributed by atoms with Crippen LogP contribution in [0.25, 0.3) is 0 Å². The Morgan fingerprint density at radius 2 is 2.13 bits per heavy atom. The van der Waals surface area contributed by atoms with E-state index in [9.17, 15) is 8.78 Å². The first-order valence-corrected chi connectivity index (χ1v) is 4.94. The number of hydrogen-bond donors (Lipinski definition) is 1. The topological polar surface area (TPSA) is 38.1 Å². The Hall–Kier alpha value is -0.970. The van der Waals surface area contributed by atoms with Crippen molar-refractivity contribution in [3.8, 4) is 0 Å². The molecular weight excluding hydrogens is 202 g/mol. The molecule has 15 heavy (non-hydrogen) atoms. The van der Waals surface area contributed by atoms with Crippen LogP contribution in [0.2, 0.25) is 0 Å². The number of aromatic nitrogens is 1. The number of halogens is 2. The molecule has 0 atom stereocenters. The average molecular weight is 218 g/mol. The lowest BCUT2D eigenvalue weighted by molar-refractivity contribution is -0.00701. The van der Waals surface area contributed by atoms with Crippen molar-refractivity contribution in [2.75, 3.05) is 13.6 Å². The van der Waals surface area contributed by atoms with E-state index in [1.807, 2.05) is 7.05 Å². The predicted molar refractivity (Wildman–Crippen MR) is 53.1 cm³/mol. The van der Waals surface area contributed by atoms with Crippen LogP contribution >= 0.6 is 0 Å². The fourth-order valence-electron chi connectivity index (χ4n) is 1.38. The summed E-state index contributed by atoms with van der Waals surface area (Å²) in [6.45, 7) is 3.18. The van der Waals surface area contributed by atoms with Gasteiger partial charge in [-0.2, -0.15) is 8.78 Å². The summed E-state index contributed by atoms with van der Waals surface area (Å²) in [5, 5.41) is 2.97. The van der Waals surface area contributed by atoms with Gasteiger partial charge in [-0.05, 0) is 26.9 Å². The Morgan fingerprint density at radius 3 is 2.60 bits per heavy atom. The number of hydrogen-bond acceptors (Lipinski definition) is 3. The number of nitrogens with zero attached hydrogens (tertiary/aromatic N) is 1. The van der Waals surface area contributed by atoms with Gasteiger partial charge in [0, 0.05) is 13.3 Å². The third-order valence-corrected chi connectivity index (χ3v) is 2.06. The molecule has 1 aromatic heterocycles. The van der Waals surface area contributed by atoms with Gasteiger partial charge in [0.2, 0.25) is 0 Å². The van der Waals surface area contributed by atoms with Gasteiger partial charge in [0.15, 0.2) is 11.7 Å². The molecule has 0 saturated carbocycles. The van der Waals surface area contributed by atoms with Crippen molar-refractivity contribution in [3.05, 3.63) is 17.3 Å². The molecule has 0 bridgehead atoms. The zero-order valence-electron chi connectivity index (χ0n) is 9.23. The number of alkyl halides is 2. The monoisotopic (exact) mass is 218 g/mol. The molecule has 86 valence electrons. The van der Waals surface area contributed by atoms with Crippen molar-refractivity contribution in [1.29, 1.82) is 0 Å². The summed E-state index contributed by atoms with van der Waals surface area (Å²) in [5.74, 6) is -2.88. The van der Waals surface area contributed by atoms with Crippen molar-refractivity contribution in [3.63, 3.8) is 0 Å². The predicted octanol–water partition coefficient (Wildman–Crippen LogP) is 2.25. The van der Waals surface area contributed by atoms with Crippen LogP contribution in [0.5, 0.6) is 0 Å². The van der Waals surface area contributed by atoms with Gasteiger partial charge in [0.05, 0.1) is 5.69 Å². The molecule has 0 spiro atoms. The summed E-state index contributed by atoms with van der Waals surface area (Å²) in [4.78, 5) is 3.97. The molecule has 0 aliphatic carbocycles. The van der Waals surface area contributed by atoms with Crippen LogP contribution in [-0.4, -0.2) is 18.6 Å². The highest BCUT2D eigenvalue weighted by atomic mass is 19.3. The van der Waals surface area contributed by atoms with Gasteiger partial charge in [-0.15, -0.1) is 0 Å². The molecule has 1 aromatic rings. The van der Waals surface area contributed by atoms with E-state index in [1.54, 1.807) is 0 Å². The molecule has 3 nitrogen and oxygen atoms in total. The number of aryl methyl sites for hydroxylation is 2. The van der Waals surface area contributed by atoms with E-state index in [2.05, 4.69) is 10.3 Å². The number of oxazole rings is 1. The first-order chi connectivity index (χ1) is 6.95. The van der Waals surface area contributed by atoms with E-state index in [-0.39, 0.29) is 11.5 Å². The summed E-state index contributed by atoms with van der Waals surface area (Å²) in [7, 11) is 1.84. The minimum atomic E-state index is -2.95. The molecule has 0 aromatic carbocycles. The second-order valence-corrected chi connectivity index (χ2v) is 3.62. The van der Waals surface area contributed by atoms with Crippen LogP contribution in [0, 0.1) is 6.92 Å². The Morgan fingerprint density at radius 1 is 1.47 bits per heavy atom. The molecule has 0 radical (unpaired) electrons. The van der Waals surface area contributed by atoms with Crippen LogP contribution in [0.1, 0.15) is 30.7 Å². The van der Waals surface area contributed by atoms with E-state index in [0.29, 0.717) is 12.3 Å². The lowest BCUT2D eigenvalue weighted by Crippen LogP contribution is -2.08. The third-order valence-electron chi connectivity index (χ3n) is 2.06. The molecule has 1 N–H and O–H groups in total. The van der Waals surface area contributed by atoms with E-state index >= 15 is 0 Å². The highest BCUT2D eigenvalue weighted by Gasteiger charge is 2.32. The van der Waals surface area contributed by atoms with Gasteiger partial charge in [-0.3, -0.25) is 0 Å². The largest absolute Gasteiger partial charge is 0.439 e. The zero-order chi connectivity index (χ0) is 11.5. The zero-order valence-corrected chi connectivity index (χ0v) is 9.23. The summed E-state index contributed by atoms with van der Waals surface area (Å²) in [6.07, 6.45) is 1.41. The smallest absolute Gasteiger partial charge is 0.303 e. The SMILES string of the molecule is CNCCCc1nc(C)c(C(C)(F)F)o1. The van der Waals surface area contributed by atoms with Crippen molar-refractivity contribution < 1.29 is 13.2 Å². The molecule has 0 unspecified atom stereocenters. The molecule has 0 fully saturated rings. The Kier molecular flexibility index (Phi) is 3.79. The van der Waals surface area contributed by atoms with E-state index in [0.717, 1.165) is 19.9 Å². The highest BCUT2D eigenvalue weighted by Crippen LogP contribution is 2.30. The van der Waals surface area contributed by atoms with Crippen molar-refractivity contribution in [2.45, 2.75) is 32.6 Å². The fraction of sp³-hybridized carbons (Fsp3) is 0.700. The van der Waals surface area contributed by atoms with Gasteiger partial charge < -0.3 is 9.73 Å². The minimum absolute atomic E-state index is 0.280. The highest BCUT2D eigenvalue weighted by molar-refractivity contribution is 5.12. The van der Waals surface area contributed by atoms with Crippen molar-refractivity contribution in [2.24, 2.45) is 0 Å². The van der Waals surface area contributed by atoms with Crippen LogP contribution in [0.3, 0.4) is 0 Å². The second-order valence-electron chi connectivity index (χ2n) is 3.62. The Balaban J connectivity index is 2.69. The van der Waals surface area contributed by atoms with E-state index in [4.69, 9.17) is 4.42 Å². The Bertz CT molecular complexity index is 318. The van der Waals surface area contributed by atoms with Gasteiger partial charge in [-0.1, -0.05) is 0 Å². The average Bonchev–Trinajstić information content (AvgIpc) is 2.47. The van der Waals surface area contributed by atoms with Gasteiger partial charge in [0.1, 0.15) is 0 Å². The van der Waals surface area contributed by atoms with Crippen LogP contribution in [-0.2, 0) is 12.3 Å². The maximum atomic E-state index is 13.0. The van der Waals surface area contributed by atoms with Gasteiger partial charge in [-0.25, -0.2) is 4.98 Å². The van der Waals surface area contributed by atoms with Crippen molar-refractivity contribution in [1.82, 2.24) is 10.3 Å². The second kappa shape index (κ2) is 4.70. The molecular formula is C10H16F2N2O. The van der Waals surface area contributed by atoms with Gasteiger partial charge >= 0.3 is 5.92 Å². The maximum Gasteiger partial charge on any atom is 0.303 e. The lowest BCUT2D eigenvalue weighted by Gasteiger charge is -2.05. The standard InChI is InChI=1S/C10H16F2N2O/c1-7-9(10(2,11)12)15-8(14-7)5-4-6-13-3/h13H,4-6H2,1-3H3. The summed E-state index contributed by atoms with van der Waals surface area (Å²) < 4.78 is 31.0. The number of rotatable bonds is 5. The van der Waals surface area contributed by atoms with Crippen LogP contribution in [0.15, 0.2) is 4.42 Å². The Labute approximate surface area is 87.9 Å². The van der Waals surface area contributed by atoms with Crippen LogP contribution < -0.4 is 5.32 Å². The normalized spacial score (nSPS) is 12.1. The first kappa shape index (κ1) is 12.1. The van der Waals surface area contributed by atoms with Crippen LogP contribution in [0.4, 0.5) is 8.78 Å². The van der Waals surface area contributed by atoms with Crippen molar-refractivity contribution >= 4 is 0 Å². The summed E-state index contributed by atoms with van der Waals surface area (Å²) >= 11 is 0. The summed E-state index contributed by atoms with van der Waals surface area (Å²) in [6, 6.07) is 0. The minimum Gasteiger partial charge on any atom is -0.439 e. The molecule has 0 amide bonds. The molecule has 0 saturated heterocycles. The van der Waals surface area contributed by atoms with Gasteiger partial charge in [0.25, 0.3) is 0 Å². The molecule has 1 rings (SSSR count).